The van der Waals surface area contributed by atoms with Gasteiger partial charge in [0.1, 0.15) is 0 Å². The number of carbonyl (C=O) groups is 2. The number of nitrogens with zero attached hydrogens (tertiary/aromatic N) is 2. The molecule has 6 heteroatoms. The number of aromatic nitrogens is 2. The van der Waals surface area contributed by atoms with Crippen molar-refractivity contribution in [1.82, 2.24) is 9.78 Å². The maximum absolute atomic E-state index is 12.0. The number of anilines is 1. The average Bonchev–Trinajstić information content (AvgIpc) is 2.81. The van der Waals surface area contributed by atoms with E-state index in [2.05, 4.69) is 16.5 Å². The van der Waals surface area contributed by atoms with E-state index >= 15 is 0 Å². The van der Waals surface area contributed by atoms with Crippen molar-refractivity contribution in [1.29, 1.82) is 0 Å². The van der Waals surface area contributed by atoms with Crippen LogP contribution in [0.2, 0.25) is 0 Å². The summed E-state index contributed by atoms with van der Waals surface area (Å²) in [5.74, 6) is -0.953. The highest BCUT2D eigenvalue weighted by Gasteiger charge is 2.13. The zero-order valence-electron chi connectivity index (χ0n) is 16.1. The Kier molecular flexibility index (Phi) is 5.97. The normalized spacial score (nSPS) is 11.0. The van der Waals surface area contributed by atoms with Crippen LogP contribution in [0.5, 0.6) is 0 Å². The maximum atomic E-state index is 12.0. The van der Waals surface area contributed by atoms with Crippen molar-refractivity contribution < 1.29 is 14.3 Å². The fraction of sp³-hybridized carbons (Fsp3) is 0.350. The standard InChI is InChI=1S/C20H25N3O3/c1-12-9-14(3)17(10-13(12)2)7-8-19(25)26-11-18(24)21-20-15(4)22-23(6)16(20)5/h7-10H,11H2,1-6H3,(H,21,24). The van der Waals surface area contributed by atoms with Gasteiger partial charge in [-0.1, -0.05) is 12.1 Å². The molecule has 2 aromatic rings. The summed E-state index contributed by atoms with van der Waals surface area (Å²) in [5, 5.41) is 6.95. The molecular formula is C20H25N3O3. The second-order valence-corrected chi connectivity index (χ2v) is 6.45. The first-order valence-electron chi connectivity index (χ1n) is 8.41. The number of rotatable bonds is 5. The number of hydrogen-bond acceptors (Lipinski definition) is 4. The Bertz CT molecular complexity index is 879. The quantitative estimate of drug-likeness (QED) is 0.660. The van der Waals surface area contributed by atoms with Gasteiger partial charge in [-0.3, -0.25) is 9.48 Å². The van der Waals surface area contributed by atoms with Crippen molar-refractivity contribution in [2.24, 2.45) is 7.05 Å². The molecule has 0 saturated heterocycles. The zero-order chi connectivity index (χ0) is 19.4. The molecule has 0 spiro atoms. The number of hydrogen-bond donors (Lipinski definition) is 1. The molecule has 0 aliphatic carbocycles. The third-order valence-corrected chi connectivity index (χ3v) is 4.40. The summed E-state index contributed by atoms with van der Waals surface area (Å²) in [7, 11) is 1.80. The molecule has 0 atom stereocenters. The molecule has 0 bridgehead atoms. The SMILES string of the molecule is Cc1cc(C)c(C=CC(=O)OCC(=O)Nc2c(C)nn(C)c2C)cc1C. The first-order chi connectivity index (χ1) is 12.2. The van der Waals surface area contributed by atoms with Gasteiger partial charge >= 0.3 is 5.97 Å². The highest BCUT2D eigenvalue weighted by molar-refractivity contribution is 5.95. The monoisotopic (exact) mass is 355 g/mol. The second-order valence-electron chi connectivity index (χ2n) is 6.45. The van der Waals surface area contributed by atoms with Gasteiger partial charge in [0, 0.05) is 13.1 Å². The summed E-state index contributed by atoms with van der Waals surface area (Å²) in [6.07, 6.45) is 3.04. The Morgan fingerprint density at radius 1 is 1.12 bits per heavy atom. The van der Waals surface area contributed by atoms with Crippen molar-refractivity contribution in [3.8, 4) is 0 Å². The fourth-order valence-corrected chi connectivity index (χ4v) is 2.64. The molecule has 0 unspecified atom stereocenters. The van der Waals surface area contributed by atoms with Crippen LogP contribution < -0.4 is 5.32 Å². The van der Waals surface area contributed by atoms with Crippen LogP contribution >= 0.6 is 0 Å². The van der Waals surface area contributed by atoms with E-state index in [1.807, 2.05) is 40.7 Å². The van der Waals surface area contributed by atoms with E-state index in [4.69, 9.17) is 4.74 Å². The van der Waals surface area contributed by atoms with E-state index in [1.165, 1.54) is 11.6 Å². The van der Waals surface area contributed by atoms with Crippen molar-refractivity contribution in [2.75, 3.05) is 11.9 Å². The lowest BCUT2D eigenvalue weighted by Gasteiger charge is -2.07. The molecule has 0 aliphatic rings. The Morgan fingerprint density at radius 2 is 1.77 bits per heavy atom. The van der Waals surface area contributed by atoms with E-state index in [1.54, 1.807) is 17.8 Å². The summed E-state index contributed by atoms with van der Waals surface area (Å²) in [5.41, 5.74) is 6.61. The molecule has 0 saturated carbocycles. The molecule has 1 aromatic heterocycles. The first kappa shape index (κ1) is 19.4. The minimum Gasteiger partial charge on any atom is -0.452 e. The number of nitrogens with one attached hydrogen (secondary N) is 1. The van der Waals surface area contributed by atoms with E-state index in [-0.39, 0.29) is 6.61 Å². The van der Waals surface area contributed by atoms with Crippen LogP contribution in [0.3, 0.4) is 0 Å². The summed E-state index contributed by atoms with van der Waals surface area (Å²) in [6, 6.07) is 4.10. The molecule has 1 aromatic carbocycles. The van der Waals surface area contributed by atoms with Crippen LogP contribution in [-0.2, 0) is 21.4 Å². The lowest BCUT2D eigenvalue weighted by Crippen LogP contribution is -2.20. The number of esters is 1. The molecule has 138 valence electrons. The van der Waals surface area contributed by atoms with Gasteiger partial charge in [0.15, 0.2) is 6.61 Å². The predicted octanol–water partition coefficient (Wildman–Crippen LogP) is 3.16. The predicted molar refractivity (Wildman–Crippen MR) is 102 cm³/mol. The van der Waals surface area contributed by atoms with E-state index < -0.39 is 11.9 Å². The van der Waals surface area contributed by atoms with Crippen LogP contribution in [0.4, 0.5) is 5.69 Å². The molecule has 2 rings (SSSR count). The number of aryl methyl sites for hydroxylation is 5. The van der Waals surface area contributed by atoms with Crippen LogP contribution in [-0.4, -0.2) is 28.3 Å². The molecule has 1 heterocycles. The van der Waals surface area contributed by atoms with Crippen LogP contribution in [0.15, 0.2) is 18.2 Å². The lowest BCUT2D eigenvalue weighted by molar-refractivity contribution is -0.142. The van der Waals surface area contributed by atoms with Crippen LogP contribution in [0.1, 0.15) is 33.6 Å². The summed E-state index contributed by atoms with van der Waals surface area (Å²) in [4.78, 5) is 23.9. The smallest absolute Gasteiger partial charge is 0.331 e. The van der Waals surface area contributed by atoms with Crippen molar-refractivity contribution in [3.05, 3.63) is 51.9 Å². The van der Waals surface area contributed by atoms with E-state index in [0.29, 0.717) is 5.69 Å². The first-order valence-corrected chi connectivity index (χ1v) is 8.41. The second kappa shape index (κ2) is 7.99. The number of benzene rings is 1. The Hall–Kier alpha value is -2.89. The van der Waals surface area contributed by atoms with Crippen molar-refractivity contribution in [3.63, 3.8) is 0 Å². The molecule has 0 fully saturated rings. The molecule has 1 N–H and O–H groups in total. The van der Waals surface area contributed by atoms with Gasteiger partial charge in [-0.25, -0.2) is 4.79 Å². The van der Waals surface area contributed by atoms with Gasteiger partial charge in [-0.05, 0) is 62.9 Å². The highest BCUT2D eigenvalue weighted by Crippen LogP contribution is 2.18. The number of carbonyl (C=O) groups excluding carboxylic acids is 2. The fourth-order valence-electron chi connectivity index (χ4n) is 2.64. The van der Waals surface area contributed by atoms with Gasteiger partial charge in [0.25, 0.3) is 5.91 Å². The minimum atomic E-state index is -0.558. The molecule has 6 nitrogen and oxygen atoms in total. The van der Waals surface area contributed by atoms with Gasteiger partial charge < -0.3 is 10.1 Å². The molecule has 0 aliphatic heterocycles. The Balaban J connectivity index is 1.92. The maximum Gasteiger partial charge on any atom is 0.331 e. The van der Waals surface area contributed by atoms with Gasteiger partial charge in [-0.15, -0.1) is 0 Å². The molecule has 0 radical (unpaired) electrons. The number of amides is 1. The summed E-state index contributed by atoms with van der Waals surface area (Å²) < 4.78 is 6.70. The van der Waals surface area contributed by atoms with Gasteiger partial charge in [-0.2, -0.15) is 5.10 Å². The van der Waals surface area contributed by atoms with E-state index in [0.717, 1.165) is 28.1 Å². The van der Waals surface area contributed by atoms with Crippen LogP contribution in [0, 0.1) is 34.6 Å². The van der Waals surface area contributed by atoms with Crippen molar-refractivity contribution >= 4 is 23.6 Å². The van der Waals surface area contributed by atoms with E-state index in [9.17, 15) is 9.59 Å². The molecular weight excluding hydrogens is 330 g/mol. The van der Waals surface area contributed by atoms with Gasteiger partial charge in [0.2, 0.25) is 0 Å². The summed E-state index contributed by atoms with van der Waals surface area (Å²) in [6.45, 7) is 9.39. The number of ether oxygens (including phenoxy) is 1. The minimum absolute atomic E-state index is 0.344. The topological polar surface area (TPSA) is 73.2 Å². The zero-order valence-corrected chi connectivity index (χ0v) is 16.1. The molecule has 1 amide bonds. The largest absolute Gasteiger partial charge is 0.452 e. The third-order valence-electron chi connectivity index (χ3n) is 4.40. The highest BCUT2D eigenvalue weighted by atomic mass is 16.5. The average molecular weight is 355 g/mol. The molecule has 26 heavy (non-hydrogen) atoms. The third kappa shape index (κ3) is 4.59. The lowest BCUT2D eigenvalue weighted by atomic mass is 10.0. The summed E-state index contributed by atoms with van der Waals surface area (Å²) >= 11 is 0. The Morgan fingerprint density at radius 3 is 2.38 bits per heavy atom. The van der Waals surface area contributed by atoms with Crippen molar-refractivity contribution in [2.45, 2.75) is 34.6 Å². The Labute approximate surface area is 153 Å². The van der Waals surface area contributed by atoms with Gasteiger partial charge in [0.05, 0.1) is 17.1 Å². The van der Waals surface area contributed by atoms with Crippen LogP contribution in [0.25, 0.3) is 6.08 Å².